The van der Waals surface area contributed by atoms with Gasteiger partial charge >= 0.3 is 0 Å². The zero-order chi connectivity index (χ0) is 12.1. The van der Waals surface area contributed by atoms with Crippen molar-refractivity contribution < 1.29 is 4.84 Å². The second kappa shape index (κ2) is 6.10. The Bertz CT molecular complexity index is 323. The van der Waals surface area contributed by atoms with E-state index < -0.39 is 0 Å². The van der Waals surface area contributed by atoms with Gasteiger partial charge in [0.05, 0.1) is 11.8 Å². The van der Waals surface area contributed by atoms with E-state index in [1.165, 1.54) is 0 Å². The topological polar surface area (TPSA) is 51.4 Å². The lowest BCUT2D eigenvalue weighted by atomic mass is 9.92. The number of nitrogens with two attached hydrogens (primary N) is 1. The van der Waals surface area contributed by atoms with Crippen LogP contribution in [0.4, 0.5) is 0 Å². The minimum Gasteiger partial charge on any atom is -0.301 e. The lowest BCUT2D eigenvalue weighted by molar-refractivity contribution is 0.00859. The van der Waals surface area contributed by atoms with Crippen LogP contribution in [0.1, 0.15) is 31.4 Å². The molecule has 1 fully saturated rings. The highest BCUT2D eigenvalue weighted by molar-refractivity contribution is 5.03. The number of pyridine rings is 1. The van der Waals surface area contributed by atoms with Crippen molar-refractivity contribution in [1.82, 2.24) is 9.88 Å². The number of hydrogen-bond donors (Lipinski definition) is 1. The first-order valence-electron chi connectivity index (χ1n) is 6.25. The van der Waals surface area contributed by atoms with E-state index in [0.717, 1.165) is 37.9 Å². The van der Waals surface area contributed by atoms with Gasteiger partial charge < -0.3 is 4.84 Å². The normalized spacial score (nSPS) is 25.1. The average Bonchev–Trinajstić information content (AvgIpc) is 2.40. The van der Waals surface area contributed by atoms with Gasteiger partial charge in [0.15, 0.2) is 0 Å². The molecule has 0 bridgehead atoms. The van der Waals surface area contributed by atoms with Crippen molar-refractivity contribution in [2.45, 2.75) is 44.4 Å². The van der Waals surface area contributed by atoms with Gasteiger partial charge in [0.1, 0.15) is 0 Å². The largest absolute Gasteiger partial charge is 0.301 e. The lowest BCUT2D eigenvalue weighted by Gasteiger charge is -2.33. The monoisotopic (exact) mass is 235 g/mol. The van der Waals surface area contributed by atoms with Gasteiger partial charge in [-0.15, -0.1) is 0 Å². The quantitative estimate of drug-likeness (QED) is 0.807. The Balaban J connectivity index is 1.83. The molecule has 0 spiro atoms. The van der Waals surface area contributed by atoms with Gasteiger partial charge in [0, 0.05) is 18.8 Å². The molecule has 0 amide bonds. The molecule has 1 aliphatic carbocycles. The van der Waals surface area contributed by atoms with Crippen LogP contribution in [0, 0.1) is 0 Å². The third-order valence-corrected chi connectivity index (χ3v) is 3.60. The molecule has 1 saturated carbocycles. The molecular formula is C13H21N3O. The maximum Gasteiger partial charge on any atom is 0.0788 e. The summed E-state index contributed by atoms with van der Waals surface area (Å²) < 4.78 is 0. The summed E-state index contributed by atoms with van der Waals surface area (Å²) in [4.78, 5) is 11.6. The fraction of sp³-hybridized carbons (Fsp3) is 0.615. The summed E-state index contributed by atoms with van der Waals surface area (Å²) in [7, 11) is 2.17. The third-order valence-electron chi connectivity index (χ3n) is 3.60. The molecule has 4 heteroatoms. The lowest BCUT2D eigenvalue weighted by Crippen LogP contribution is -2.37. The Morgan fingerprint density at radius 3 is 2.71 bits per heavy atom. The molecule has 94 valence electrons. The van der Waals surface area contributed by atoms with Gasteiger partial charge in [0.25, 0.3) is 0 Å². The van der Waals surface area contributed by atoms with Crippen LogP contribution >= 0.6 is 0 Å². The Morgan fingerprint density at radius 2 is 2.12 bits per heavy atom. The molecule has 4 nitrogen and oxygen atoms in total. The van der Waals surface area contributed by atoms with Gasteiger partial charge in [-0.05, 0) is 44.9 Å². The molecule has 0 unspecified atom stereocenters. The van der Waals surface area contributed by atoms with Crippen LogP contribution in [0.2, 0.25) is 0 Å². The average molecular weight is 235 g/mol. The highest BCUT2D eigenvalue weighted by atomic mass is 16.6. The molecule has 2 rings (SSSR count). The number of hydrogen-bond acceptors (Lipinski definition) is 4. The second-order valence-corrected chi connectivity index (χ2v) is 4.80. The molecule has 1 aromatic heterocycles. The summed E-state index contributed by atoms with van der Waals surface area (Å²) in [5, 5.41) is 0. The molecule has 1 heterocycles. The molecular weight excluding hydrogens is 214 g/mol. The van der Waals surface area contributed by atoms with Crippen LogP contribution in [0.25, 0.3) is 0 Å². The SMILES string of the molecule is CN(Cc1ccccn1)C1CCC(ON)CC1. The van der Waals surface area contributed by atoms with Crippen LogP contribution in [0.5, 0.6) is 0 Å². The first-order chi connectivity index (χ1) is 8.29. The van der Waals surface area contributed by atoms with E-state index >= 15 is 0 Å². The highest BCUT2D eigenvalue weighted by Gasteiger charge is 2.24. The predicted molar refractivity (Wildman–Crippen MR) is 67.0 cm³/mol. The van der Waals surface area contributed by atoms with E-state index in [1.807, 2.05) is 18.3 Å². The standard InChI is InChI=1S/C13H21N3O/c1-16(10-11-4-2-3-9-15-11)12-5-7-13(17-14)8-6-12/h2-4,9,12-13H,5-8,10,14H2,1H3. The third kappa shape index (κ3) is 3.49. The molecule has 0 atom stereocenters. The van der Waals surface area contributed by atoms with E-state index in [-0.39, 0.29) is 6.10 Å². The Morgan fingerprint density at radius 1 is 1.35 bits per heavy atom. The molecule has 17 heavy (non-hydrogen) atoms. The molecule has 1 aliphatic rings. The highest BCUT2D eigenvalue weighted by Crippen LogP contribution is 2.24. The van der Waals surface area contributed by atoms with Crippen molar-refractivity contribution in [3.05, 3.63) is 30.1 Å². The zero-order valence-corrected chi connectivity index (χ0v) is 10.4. The van der Waals surface area contributed by atoms with Gasteiger partial charge in [-0.25, -0.2) is 5.90 Å². The number of aromatic nitrogens is 1. The van der Waals surface area contributed by atoms with Crippen LogP contribution in [0.15, 0.2) is 24.4 Å². The predicted octanol–water partition coefficient (Wildman–Crippen LogP) is 1.71. The maximum absolute atomic E-state index is 5.22. The van der Waals surface area contributed by atoms with Crippen molar-refractivity contribution in [2.24, 2.45) is 5.90 Å². The van der Waals surface area contributed by atoms with Gasteiger partial charge in [-0.1, -0.05) is 6.07 Å². The van der Waals surface area contributed by atoms with E-state index in [2.05, 4.69) is 23.0 Å². The summed E-state index contributed by atoms with van der Waals surface area (Å²) >= 11 is 0. The Labute approximate surface area is 103 Å². The summed E-state index contributed by atoms with van der Waals surface area (Å²) in [5.41, 5.74) is 1.13. The number of rotatable bonds is 4. The van der Waals surface area contributed by atoms with Crippen molar-refractivity contribution in [2.75, 3.05) is 7.05 Å². The fourth-order valence-electron chi connectivity index (χ4n) is 2.50. The summed E-state index contributed by atoms with van der Waals surface area (Å²) in [6.45, 7) is 0.916. The van der Waals surface area contributed by atoms with Crippen molar-refractivity contribution in [3.8, 4) is 0 Å². The van der Waals surface area contributed by atoms with Crippen molar-refractivity contribution in [3.63, 3.8) is 0 Å². The molecule has 1 aromatic rings. The van der Waals surface area contributed by atoms with Crippen LogP contribution in [-0.4, -0.2) is 29.1 Å². The van der Waals surface area contributed by atoms with Crippen LogP contribution in [0.3, 0.4) is 0 Å². The first-order valence-corrected chi connectivity index (χ1v) is 6.25. The molecule has 2 N–H and O–H groups in total. The Hall–Kier alpha value is -0.970. The molecule has 0 saturated heterocycles. The summed E-state index contributed by atoms with van der Waals surface area (Å²) in [6, 6.07) is 6.69. The first kappa shape index (κ1) is 12.5. The minimum atomic E-state index is 0.259. The van der Waals surface area contributed by atoms with Gasteiger partial charge in [-0.3, -0.25) is 9.88 Å². The smallest absolute Gasteiger partial charge is 0.0788 e. The van der Waals surface area contributed by atoms with E-state index in [0.29, 0.717) is 6.04 Å². The van der Waals surface area contributed by atoms with Gasteiger partial charge in [0.2, 0.25) is 0 Å². The summed E-state index contributed by atoms with van der Waals surface area (Å²) in [6.07, 6.45) is 6.55. The van der Waals surface area contributed by atoms with Crippen LogP contribution in [-0.2, 0) is 11.4 Å². The zero-order valence-electron chi connectivity index (χ0n) is 10.4. The molecule has 0 aliphatic heterocycles. The molecule has 0 radical (unpaired) electrons. The van der Waals surface area contributed by atoms with E-state index in [4.69, 9.17) is 10.7 Å². The minimum absolute atomic E-state index is 0.259. The van der Waals surface area contributed by atoms with Gasteiger partial charge in [-0.2, -0.15) is 0 Å². The second-order valence-electron chi connectivity index (χ2n) is 4.80. The summed E-state index contributed by atoms with van der Waals surface area (Å²) in [5.74, 6) is 5.22. The fourth-order valence-corrected chi connectivity index (χ4v) is 2.50. The van der Waals surface area contributed by atoms with E-state index in [9.17, 15) is 0 Å². The Kier molecular flexibility index (Phi) is 4.48. The van der Waals surface area contributed by atoms with Crippen molar-refractivity contribution >= 4 is 0 Å². The van der Waals surface area contributed by atoms with E-state index in [1.54, 1.807) is 0 Å². The van der Waals surface area contributed by atoms with Crippen molar-refractivity contribution in [1.29, 1.82) is 0 Å². The van der Waals surface area contributed by atoms with Crippen LogP contribution < -0.4 is 5.90 Å². The number of nitrogens with zero attached hydrogens (tertiary/aromatic N) is 2. The maximum atomic E-state index is 5.22. The molecule has 0 aromatic carbocycles.